The second kappa shape index (κ2) is 6.53. The molecule has 2 aromatic rings. The molecule has 1 amide bonds. The van der Waals surface area contributed by atoms with Crippen molar-refractivity contribution in [3.05, 3.63) is 64.1 Å². The van der Waals surface area contributed by atoms with Gasteiger partial charge in [0.1, 0.15) is 0 Å². The molecule has 0 saturated carbocycles. The highest BCUT2D eigenvalue weighted by atomic mass is 79.9. The van der Waals surface area contributed by atoms with Crippen molar-refractivity contribution in [1.29, 1.82) is 0 Å². The third kappa shape index (κ3) is 4.21. The number of nitrogens with one attached hydrogen (secondary N) is 1. The van der Waals surface area contributed by atoms with Crippen LogP contribution in [-0.4, -0.2) is 5.91 Å². The number of hydrogen-bond acceptors (Lipinski definition) is 1. The molecule has 1 N–H and O–H groups in total. The summed E-state index contributed by atoms with van der Waals surface area (Å²) in [5, 5.41) is 2.94. The molecule has 0 atom stereocenters. The van der Waals surface area contributed by atoms with Crippen LogP contribution in [0.1, 0.15) is 17.5 Å². The molecule has 0 saturated heterocycles. The Hall–Kier alpha value is -1.61. The second-order valence-electron chi connectivity index (χ2n) is 4.49. The lowest BCUT2D eigenvalue weighted by Gasteiger charge is -2.08. The summed E-state index contributed by atoms with van der Waals surface area (Å²) in [6, 6.07) is 15.8. The van der Waals surface area contributed by atoms with Gasteiger partial charge in [-0.3, -0.25) is 4.79 Å². The van der Waals surface area contributed by atoms with E-state index >= 15 is 0 Å². The van der Waals surface area contributed by atoms with Crippen LogP contribution in [0, 0.1) is 6.92 Å². The Morgan fingerprint density at radius 1 is 1.16 bits per heavy atom. The van der Waals surface area contributed by atoms with Crippen molar-refractivity contribution in [2.45, 2.75) is 19.8 Å². The van der Waals surface area contributed by atoms with Gasteiger partial charge in [0.15, 0.2) is 0 Å². The third-order valence-corrected chi connectivity index (χ3v) is 3.44. The van der Waals surface area contributed by atoms with Crippen LogP contribution in [0.2, 0.25) is 0 Å². The minimum absolute atomic E-state index is 0.0503. The molecule has 2 rings (SSSR count). The number of carbonyl (C=O) groups excluding carboxylic acids is 1. The lowest BCUT2D eigenvalue weighted by molar-refractivity contribution is -0.116. The minimum Gasteiger partial charge on any atom is -0.326 e. The first-order valence-corrected chi connectivity index (χ1v) is 7.04. The Morgan fingerprint density at radius 2 is 1.95 bits per heavy atom. The van der Waals surface area contributed by atoms with E-state index in [4.69, 9.17) is 0 Å². The zero-order chi connectivity index (χ0) is 13.7. The van der Waals surface area contributed by atoms with Crippen LogP contribution in [0.5, 0.6) is 0 Å². The topological polar surface area (TPSA) is 29.1 Å². The van der Waals surface area contributed by atoms with Gasteiger partial charge in [0.2, 0.25) is 5.91 Å². The lowest BCUT2D eigenvalue weighted by atomic mass is 10.1. The van der Waals surface area contributed by atoms with Crippen LogP contribution in [0.15, 0.2) is 53.0 Å². The first kappa shape index (κ1) is 13.8. The van der Waals surface area contributed by atoms with E-state index in [2.05, 4.69) is 21.2 Å². The fourth-order valence-electron chi connectivity index (χ4n) is 1.88. The highest BCUT2D eigenvalue weighted by molar-refractivity contribution is 9.10. The van der Waals surface area contributed by atoms with Gasteiger partial charge in [-0.1, -0.05) is 46.3 Å². The van der Waals surface area contributed by atoms with E-state index in [-0.39, 0.29) is 5.91 Å². The fraction of sp³-hybridized carbons (Fsp3) is 0.188. The molecule has 19 heavy (non-hydrogen) atoms. The molecule has 0 spiro atoms. The predicted molar refractivity (Wildman–Crippen MR) is 82.3 cm³/mol. The quantitative estimate of drug-likeness (QED) is 0.893. The molecule has 0 unspecified atom stereocenters. The molecule has 0 radical (unpaired) electrons. The smallest absolute Gasteiger partial charge is 0.224 e. The number of rotatable bonds is 4. The molecular formula is C16H16BrNO. The van der Waals surface area contributed by atoms with E-state index < -0.39 is 0 Å². The Labute approximate surface area is 122 Å². The standard InChI is InChI=1S/C16H16BrNO/c1-12-5-2-3-8-15(12)18-16(19)10-9-13-6-4-7-14(17)11-13/h2-8,11H,9-10H2,1H3,(H,18,19). The van der Waals surface area contributed by atoms with Crippen LogP contribution in [0.25, 0.3) is 0 Å². The van der Waals surface area contributed by atoms with Crippen molar-refractivity contribution in [3.63, 3.8) is 0 Å². The van der Waals surface area contributed by atoms with Crippen LogP contribution in [-0.2, 0) is 11.2 Å². The molecule has 98 valence electrons. The molecule has 0 aromatic heterocycles. The van der Waals surface area contributed by atoms with Gasteiger partial charge < -0.3 is 5.32 Å². The first-order valence-electron chi connectivity index (χ1n) is 6.25. The predicted octanol–water partition coefficient (Wildman–Crippen LogP) is 4.33. The lowest BCUT2D eigenvalue weighted by Crippen LogP contribution is -2.13. The number of aryl methyl sites for hydroxylation is 2. The molecular weight excluding hydrogens is 302 g/mol. The van der Waals surface area contributed by atoms with Crippen molar-refractivity contribution < 1.29 is 4.79 Å². The van der Waals surface area contributed by atoms with Crippen molar-refractivity contribution in [1.82, 2.24) is 0 Å². The number of hydrogen-bond donors (Lipinski definition) is 1. The van der Waals surface area contributed by atoms with Gasteiger partial charge in [-0.05, 0) is 42.7 Å². The van der Waals surface area contributed by atoms with Crippen LogP contribution in [0.4, 0.5) is 5.69 Å². The number of anilines is 1. The average molecular weight is 318 g/mol. The maximum atomic E-state index is 11.9. The van der Waals surface area contributed by atoms with Crippen molar-refractivity contribution in [2.75, 3.05) is 5.32 Å². The maximum absolute atomic E-state index is 11.9. The molecule has 3 heteroatoms. The van der Waals surface area contributed by atoms with Crippen LogP contribution in [0.3, 0.4) is 0 Å². The molecule has 0 heterocycles. The number of amides is 1. The van der Waals surface area contributed by atoms with Gasteiger partial charge >= 0.3 is 0 Å². The van der Waals surface area contributed by atoms with Gasteiger partial charge in [0.05, 0.1) is 0 Å². The summed E-state index contributed by atoms with van der Waals surface area (Å²) in [6.45, 7) is 1.99. The van der Waals surface area contributed by atoms with Gasteiger partial charge in [-0.15, -0.1) is 0 Å². The van der Waals surface area contributed by atoms with E-state index in [1.165, 1.54) is 0 Å². The zero-order valence-corrected chi connectivity index (χ0v) is 12.4. The van der Waals surface area contributed by atoms with E-state index in [0.717, 1.165) is 27.7 Å². The summed E-state index contributed by atoms with van der Waals surface area (Å²) in [4.78, 5) is 11.9. The highest BCUT2D eigenvalue weighted by Crippen LogP contribution is 2.15. The molecule has 0 fully saturated rings. The van der Waals surface area contributed by atoms with Gasteiger partial charge in [-0.2, -0.15) is 0 Å². The molecule has 0 bridgehead atoms. The molecule has 2 aromatic carbocycles. The molecule has 2 nitrogen and oxygen atoms in total. The van der Waals surface area contributed by atoms with E-state index in [0.29, 0.717) is 6.42 Å². The van der Waals surface area contributed by atoms with Gasteiger partial charge in [-0.25, -0.2) is 0 Å². The Kier molecular flexibility index (Phi) is 4.74. The SMILES string of the molecule is Cc1ccccc1NC(=O)CCc1cccc(Br)c1. The zero-order valence-electron chi connectivity index (χ0n) is 10.8. The average Bonchev–Trinajstić information content (AvgIpc) is 2.39. The third-order valence-electron chi connectivity index (χ3n) is 2.95. The van der Waals surface area contributed by atoms with E-state index in [9.17, 15) is 4.79 Å². The maximum Gasteiger partial charge on any atom is 0.224 e. The normalized spacial score (nSPS) is 10.2. The van der Waals surface area contributed by atoms with Gasteiger partial charge in [0.25, 0.3) is 0 Å². The van der Waals surface area contributed by atoms with E-state index in [1.54, 1.807) is 0 Å². The Bertz CT molecular complexity index is 580. The molecule has 0 aliphatic carbocycles. The van der Waals surface area contributed by atoms with Crippen LogP contribution < -0.4 is 5.32 Å². The Balaban J connectivity index is 1.90. The summed E-state index contributed by atoms with van der Waals surface area (Å²) in [7, 11) is 0. The summed E-state index contributed by atoms with van der Waals surface area (Å²) in [5.41, 5.74) is 3.13. The molecule has 0 aliphatic heterocycles. The van der Waals surface area contributed by atoms with Crippen molar-refractivity contribution >= 4 is 27.5 Å². The number of halogens is 1. The summed E-state index contributed by atoms with van der Waals surface area (Å²) in [5.74, 6) is 0.0503. The largest absolute Gasteiger partial charge is 0.326 e. The monoisotopic (exact) mass is 317 g/mol. The summed E-state index contributed by atoms with van der Waals surface area (Å²) >= 11 is 3.43. The second-order valence-corrected chi connectivity index (χ2v) is 5.41. The van der Waals surface area contributed by atoms with Crippen molar-refractivity contribution in [2.24, 2.45) is 0 Å². The fourth-order valence-corrected chi connectivity index (χ4v) is 2.32. The molecule has 0 aliphatic rings. The summed E-state index contributed by atoms with van der Waals surface area (Å²) < 4.78 is 1.05. The minimum atomic E-state index is 0.0503. The number of carbonyl (C=O) groups is 1. The first-order chi connectivity index (χ1) is 9.15. The van der Waals surface area contributed by atoms with E-state index in [1.807, 2.05) is 55.5 Å². The summed E-state index contributed by atoms with van der Waals surface area (Å²) in [6.07, 6.45) is 1.24. The van der Waals surface area contributed by atoms with Gasteiger partial charge in [0, 0.05) is 16.6 Å². The Morgan fingerprint density at radius 3 is 2.68 bits per heavy atom. The number of para-hydroxylation sites is 1. The van der Waals surface area contributed by atoms with Crippen molar-refractivity contribution in [3.8, 4) is 0 Å². The highest BCUT2D eigenvalue weighted by Gasteiger charge is 2.05. The number of benzene rings is 2. The van der Waals surface area contributed by atoms with Crippen LogP contribution >= 0.6 is 15.9 Å².